The third kappa shape index (κ3) is 9.45. The molecule has 1 rings (SSSR count). The van der Waals surface area contributed by atoms with Crippen molar-refractivity contribution in [3.63, 3.8) is 0 Å². The van der Waals surface area contributed by atoms with Gasteiger partial charge in [0.05, 0.1) is 13.2 Å². The van der Waals surface area contributed by atoms with Crippen molar-refractivity contribution in [2.75, 3.05) is 33.0 Å². The van der Waals surface area contributed by atoms with Crippen LogP contribution in [0.5, 0.6) is 11.5 Å². The second-order valence-electron chi connectivity index (χ2n) is 6.10. The third-order valence-corrected chi connectivity index (χ3v) is 7.07. The van der Waals surface area contributed by atoms with E-state index in [0.29, 0.717) is 44.5 Å². The van der Waals surface area contributed by atoms with Gasteiger partial charge in [0.25, 0.3) is 0 Å². The van der Waals surface area contributed by atoms with Crippen LogP contribution in [0.1, 0.15) is 46.1 Å². The van der Waals surface area contributed by atoms with Crippen LogP contribution in [-0.4, -0.2) is 52.9 Å². The number of hydrogen-bond acceptors (Lipinski definition) is 6. The van der Waals surface area contributed by atoms with Gasteiger partial charge in [-0.2, -0.15) is 0 Å². The highest BCUT2D eigenvalue weighted by Gasteiger charge is 2.39. The summed E-state index contributed by atoms with van der Waals surface area (Å²) in [4.78, 5) is 10.7. The van der Waals surface area contributed by atoms with E-state index >= 15 is 0 Å². The molecule has 0 fully saturated rings. The number of hydrogen-bond donors (Lipinski definition) is 1. The molecule has 0 radical (unpaired) electrons. The second-order valence-corrected chi connectivity index (χ2v) is 8.83. The van der Waals surface area contributed by atoms with Crippen molar-refractivity contribution in [1.29, 1.82) is 0 Å². The van der Waals surface area contributed by atoms with Crippen molar-refractivity contribution in [1.82, 2.24) is 0 Å². The van der Waals surface area contributed by atoms with Crippen LogP contribution in [0, 0.1) is 0 Å². The predicted octanol–water partition coefficient (Wildman–Crippen LogP) is 4.39. The summed E-state index contributed by atoms with van der Waals surface area (Å²) in [5.41, 5.74) is 0.740. The maximum Gasteiger partial charge on any atom is 0.500 e. The van der Waals surface area contributed by atoms with Gasteiger partial charge in [-0.05, 0) is 64.3 Å². The fraction of sp³-hybridized carbons (Fsp3) is 0.571. The molecule has 0 saturated carbocycles. The van der Waals surface area contributed by atoms with E-state index in [2.05, 4.69) is 0 Å². The molecule has 0 heterocycles. The number of carboxylic acids is 1. The lowest BCUT2D eigenvalue weighted by atomic mass is 10.2. The smallest absolute Gasteiger partial charge is 0.490 e. The second kappa shape index (κ2) is 14.2. The topological polar surface area (TPSA) is 83.5 Å². The molecule has 0 amide bonds. The summed E-state index contributed by atoms with van der Waals surface area (Å²) in [7, 11) is -2.61. The minimum Gasteiger partial charge on any atom is -0.490 e. The lowest BCUT2D eigenvalue weighted by Crippen LogP contribution is -2.45. The highest BCUT2D eigenvalue weighted by molar-refractivity contribution is 6.60. The zero-order valence-electron chi connectivity index (χ0n) is 17.9. The molecule has 0 unspecified atom stereocenters. The van der Waals surface area contributed by atoms with E-state index < -0.39 is 14.8 Å². The van der Waals surface area contributed by atoms with Gasteiger partial charge in [-0.25, -0.2) is 4.79 Å². The molecule has 0 aromatic heterocycles. The van der Waals surface area contributed by atoms with Gasteiger partial charge in [0.1, 0.15) is 0 Å². The zero-order chi connectivity index (χ0) is 21.5. The number of aliphatic carboxylic acids is 1. The Morgan fingerprint density at radius 3 is 2.14 bits per heavy atom. The number of benzene rings is 1. The minimum atomic E-state index is -2.61. The van der Waals surface area contributed by atoms with Gasteiger partial charge < -0.3 is 27.9 Å². The monoisotopic (exact) mass is 426 g/mol. The quantitative estimate of drug-likeness (QED) is 0.238. The summed E-state index contributed by atoms with van der Waals surface area (Å²) in [6.07, 6.45) is 4.31. The summed E-state index contributed by atoms with van der Waals surface area (Å²) in [5, 5.41) is 8.76. The van der Waals surface area contributed by atoms with Crippen LogP contribution in [0.4, 0.5) is 0 Å². The van der Waals surface area contributed by atoms with Crippen molar-refractivity contribution < 1.29 is 32.7 Å². The molecule has 0 spiro atoms. The Balaban J connectivity index is 2.62. The fourth-order valence-corrected chi connectivity index (χ4v) is 5.50. The molecule has 1 aromatic carbocycles. The van der Waals surface area contributed by atoms with Gasteiger partial charge in [0.2, 0.25) is 0 Å². The van der Waals surface area contributed by atoms with Gasteiger partial charge in [-0.15, -0.1) is 0 Å². The Morgan fingerprint density at radius 1 is 0.931 bits per heavy atom. The molecule has 0 bridgehead atoms. The van der Waals surface area contributed by atoms with Gasteiger partial charge in [-0.1, -0.05) is 6.07 Å². The van der Waals surface area contributed by atoms with Crippen LogP contribution in [0.2, 0.25) is 6.04 Å². The molecular weight excluding hydrogens is 392 g/mol. The Morgan fingerprint density at radius 2 is 1.59 bits per heavy atom. The van der Waals surface area contributed by atoms with Crippen LogP contribution in [0.3, 0.4) is 0 Å². The van der Waals surface area contributed by atoms with Gasteiger partial charge in [-0.3, -0.25) is 0 Å². The maximum atomic E-state index is 10.7. The van der Waals surface area contributed by atoms with Crippen molar-refractivity contribution >= 4 is 20.8 Å². The predicted molar refractivity (Wildman–Crippen MR) is 114 cm³/mol. The van der Waals surface area contributed by atoms with Crippen molar-refractivity contribution in [3.05, 3.63) is 29.8 Å². The zero-order valence-corrected chi connectivity index (χ0v) is 18.9. The summed E-state index contributed by atoms with van der Waals surface area (Å²) in [5.74, 6) is 0.248. The van der Waals surface area contributed by atoms with E-state index in [4.69, 9.17) is 27.9 Å². The standard InChI is InChI=1S/C21H34O7Si/c1-5-24-20-17-18(12-14-21(22)23)11-13-19(20)25-15-9-10-16-29(26-6-2,27-7-3)28-8-4/h11-14,17H,5-10,15-16H2,1-4H3,(H,22,23). The van der Waals surface area contributed by atoms with Crippen LogP contribution < -0.4 is 9.47 Å². The van der Waals surface area contributed by atoms with Crippen LogP contribution in [0.15, 0.2) is 24.3 Å². The van der Waals surface area contributed by atoms with Crippen LogP contribution in [0.25, 0.3) is 6.08 Å². The molecule has 0 aliphatic carbocycles. The molecule has 164 valence electrons. The Hall–Kier alpha value is -1.87. The van der Waals surface area contributed by atoms with Crippen molar-refractivity contribution in [3.8, 4) is 11.5 Å². The fourth-order valence-electron chi connectivity index (χ4n) is 2.81. The number of ether oxygens (including phenoxy) is 2. The van der Waals surface area contributed by atoms with Gasteiger partial charge >= 0.3 is 14.8 Å². The Bertz CT molecular complexity index is 616. The molecule has 0 aliphatic rings. The van der Waals surface area contributed by atoms with E-state index in [1.165, 1.54) is 6.08 Å². The molecule has 0 saturated heterocycles. The molecule has 1 N–H and O–H groups in total. The normalized spacial score (nSPS) is 11.7. The molecule has 29 heavy (non-hydrogen) atoms. The SMILES string of the molecule is CCOc1cc(C=CC(=O)O)ccc1OCCCC[Si](OCC)(OCC)OCC. The average molecular weight is 427 g/mol. The maximum absolute atomic E-state index is 10.7. The number of carboxylic acid groups (broad SMARTS) is 1. The summed E-state index contributed by atoms with van der Waals surface area (Å²) in [6.45, 7) is 10.5. The summed E-state index contributed by atoms with van der Waals surface area (Å²) in [6, 6.07) is 6.12. The van der Waals surface area contributed by atoms with E-state index in [0.717, 1.165) is 30.5 Å². The number of rotatable bonds is 16. The Labute approximate surface area is 174 Å². The molecule has 7 nitrogen and oxygen atoms in total. The molecule has 8 heteroatoms. The Kier molecular flexibility index (Phi) is 12.3. The lowest BCUT2D eigenvalue weighted by molar-refractivity contribution is -0.131. The van der Waals surface area contributed by atoms with E-state index in [1.54, 1.807) is 18.2 Å². The largest absolute Gasteiger partial charge is 0.500 e. The van der Waals surface area contributed by atoms with E-state index in [1.807, 2.05) is 27.7 Å². The lowest BCUT2D eigenvalue weighted by Gasteiger charge is -2.28. The van der Waals surface area contributed by atoms with Crippen LogP contribution >= 0.6 is 0 Å². The molecule has 0 aliphatic heterocycles. The van der Waals surface area contributed by atoms with Gasteiger partial charge in [0.15, 0.2) is 11.5 Å². The molecule has 0 atom stereocenters. The van der Waals surface area contributed by atoms with Gasteiger partial charge in [0, 0.05) is 31.9 Å². The summed E-state index contributed by atoms with van der Waals surface area (Å²) < 4.78 is 29.1. The average Bonchev–Trinajstić information content (AvgIpc) is 2.68. The number of carbonyl (C=O) groups is 1. The van der Waals surface area contributed by atoms with Crippen molar-refractivity contribution in [2.45, 2.75) is 46.6 Å². The molecule has 1 aromatic rings. The number of unbranched alkanes of at least 4 members (excludes halogenated alkanes) is 1. The highest BCUT2D eigenvalue weighted by Crippen LogP contribution is 2.29. The third-order valence-electron chi connectivity index (χ3n) is 3.91. The van der Waals surface area contributed by atoms with E-state index in [-0.39, 0.29) is 0 Å². The molecular formula is C21H34O7Si. The first kappa shape index (κ1) is 25.2. The van der Waals surface area contributed by atoms with Crippen molar-refractivity contribution in [2.24, 2.45) is 0 Å². The first-order valence-corrected chi connectivity index (χ1v) is 12.2. The first-order valence-electron chi connectivity index (χ1n) is 10.2. The minimum absolute atomic E-state index is 0.494. The first-order chi connectivity index (χ1) is 14.0. The van der Waals surface area contributed by atoms with E-state index in [9.17, 15) is 4.79 Å². The highest BCUT2D eigenvalue weighted by atomic mass is 28.4. The summed E-state index contributed by atoms with van der Waals surface area (Å²) >= 11 is 0. The van der Waals surface area contributed by atoms with Crippen LogP contribution in [-0.2, 0) is 18.1 Å².